The normalized spacial score (nSPS) is 12.1. The number of unbranched alkanes of at least 4 members (excludes halogenated alkanes) is 9. The Kier molecular flexibility index (Phi) is 17.8. The predicted molar refractivity (Wildman–Crippen MR) is 113 cm³/mol. The summed E-state index contributed by atoms with van der Waals surface area (Å²) in [7, 11) is 0. The van der Waals surface area contributed by atoms with E-state index in [1.807, 2.05) is 0 Å². The molecular weight excluding hydrogens is 304 g/mol. The number of carbonyl (C=O) groups excluding carboxylic acids is 1. The second-order valence-electron chi connectivity index (χ2n) is 8.03. The second-order valence-corrected chi connectivity index (χ2v) is 8.03. The predicted octanol–water partition coefficient (Wildman–Crippen LogP) is 8.42. The van der Waals surface area contributed by atoms with Crippen LogP contribution in [-0.2, 0) is 4.79 Å². The molecular formula is C24H46O. The number of hydrogen-bond acceptors (Lipinski definition) is 1. The monoisotopic (exact) mass is 350 g/mol. The van der Waals surface area contributed by atoms with Gasteiger partial charge in [-0.05, 0) is 43.6 Å². The lowest BCUT2D eigenvalue weighted by molar-refractivity contribution is -0.104. The van der Waals surface area contributed by atoms with Crippen molar-refractivity contribution in [2.45, 2.75) is 130 Å². The van der Waals surface area contributed by atoms with Crippen molar-refractivity contribution in [1.29, 1.82) is 0 Å². The van der Waals surface area contributed by atoms with Crippen molar-refractivity contribution < 1.29 is 4.79 Å². The molecule has 0 aromatic heterocycles. The standard InChI is InChI=1S/C24H46O/c1-4-7-10-14-19-24(20-15-11-8-5-2,21-16-12-9-6-3)22-17-13-18-23-25/h13,18,23H,4-12,14-17,19-22H2,1-3H3. The van der Waals surface area contributed by atoms with E-state index in [0.717, 1.165) is 12.7 Å². The van der Waals surface area contributed by atoms with Gasteiger partial charge in [0.15, 0.2) is 0 Å². The van der Waals surface area contributed by atoms with E-state index in [4.69, 9.17) is 0 Å². The molecule has 0 radical (unpaired) electrons. The lowest BCUT2D eigenvalue weighted by atomic mass is 9.71. The van der Waals surface area contributed by atoms with E-state index < -0.39 is 0 Å². The first-order chi connectivity index (χ1) is 12.2. The van der Waals surface area contributed by atoms with Gasteiger partial charge in [0.25, 0.3) is 0 Å². The molecule has 25 heavy (non-hydrogen) atoms. The van der Waals surface area contributed by atoms with Crippen LogP contribution >= 0.6 is 0 Å². The number of allylic oxidation sites excluding steroid dienone is 2. The van der Waals surface area contributed by atoms with Crippen molar-refractivity contribution in [3.63, 3.8) is 0 Å². The molecule has 0 aromatic carbocycles. The summed E-state index contributed by atoms with van der Waals surface area (Å²) in [6, 6.07) is 0. The fourth-order valence-electron chi connectivity index (χ4n) is 4.07. The quantitative estimate of drug-likeness (QED) is 0.130. The van der Waals surface area contributed by atoms with Gasteiger partial charge in [-0.2, -0.15) is 0 Å². The van der Waals surface area contributed by atoms with Crippen LogP contribution in [0.15, 0.2) is 12.2 Å². The summed E-state index contributed by atoms with van der Waals surface area (Å²) in [6.07, 6.45) is 27.7. The fourth-order valence-corrected chi connectivity index (χ4v) is 4.07. The average molecular weight is 351 g/mol. The highest BCUT2D eigenvalue weighted by Gasteiger charge is 2.27. The van der Waals surface area contributed by atoms with Crippen LogP contribution in [0.5, 0.6) is 0 Å². The Balaban J connectivity index is 4.73. The number of hydrogen-bond donors (Lipinski definition) is 0. The highest BCUT2D eigenvalue weighted by molar-refractivity contribution is 5.64. The van der Waals surface area contributed by atoms with Gasteiger partial charge >= 0.3 is 0 Å². The fraction of sp³-hybridized carbons (Fsp3) is 0.875. The lowest BCUT2D eigenvalue weighted by Gasteiger charge is -2.35. The Hall–Kier alpha value is -0.590. The van der Waals surface area contributed by atoms with E-state index in [1.165, 1.54) is 103 Å². The van der Waals surface area contributed by atoms with Crippen LogP contribution in [-0.4, -0.2) is 6.29 Å². The highest BCUT2D eigenvalue weighted by Crippen LogP contribution is 2.41. The van der Waals surface area contributed by atoms with Crippen LogP contribution in [0.1, 0.15) is 130 Å². The van der Waals surface area contributed by atoms with Gasteiger partial charge in [0.05, 0.1) is 0 Å². The lowest BCUT2D eigenvalue weighted by Crippen LogP contribution is -2.21. The maximum Gasteiger partial charge on any atom is 0.142 e. The van der Waals surface area contributed by atoms with Crippen molar-refractivity contribution in [1.82, 2.24) is 0 Å². The van der Waals surface area contributed by atoms with E-state index in [2.05, 4.69) is 26.8 Å². The number of rotatable bonds is 19. The molecule has 1 heteroatoms. The van der Waals surface area contributed by atoms with Crippen molar-refractivity contribution >= 4 is 6.29 Å². The summed E-state index contributed by atoms with van der Waals surface area (Å²) < 4.78 is 0. The van der Waals surface area contributed by atoms with E-state index in [-0.39, 0.29) is 0 Å². The van der Waals surface area contributed by atoms with E-state index in [1.54, 1.807) is 6.08 Å². The van der Waals surface area contributed by atoms with Crippen LogP contribution in [0.2, 0.25) is 0 Å². The van der Waals surface area contributed by atoms with Gasteiger partial charge in [-0.1, -0.05) is 104 Å². The zero-order valence-corrected chi connectivity index (χ0v) is 17.7. The van der Waals surface area contributed by atoms with Crippen LogP contribution < -0.4 is 0 Å². The van der Waals surface area contributed by atoms with Crippen LogP contribution in [0, 0.1) is 5.41 Å². The Bertz CT molecular complexity index is 274. The maximum absolute atomic E-state index is 10.6. The molecule has 0 amide bonds. The van der Waals surface area contributed by atoms with E-state index >= 15 is 0 Å². The summed E-state index contributed by atoms with van der Waals surface area (Å²) in [5, 5.41) is 0. The molecule has 0 heterocycles. The zero-order chi connectivity index (χ0) is 18.6. The Morgan fingerprint density at radius 2 is 1.04 bits per heavy atom. The van der Waals surface area contributed by atoms with Gasteiger partial charge in [0.1, 0.15) is 6.29 Å². The summed E-state index contributed by atoms with van der Waals surface area (Å²) in [5.74, 6) is 0. The van der Waals surface area contributed by atoms with Crippen LogP contribution in [0.3, 0.4) is 0 Å². The molecule has 148 valence electrons. The SMILES string of the molecule is CCCCCCC(CCC=CC=O)(CCCCCC)CCCCCC. The summed E-state index contributed by atoms with van der Waals surface area (Å²) in [6.45, 7) is 6.90. The molecule has 0 fully saturated rings. The molecule has 0 N–H and O–H groups in total. The maximum atomic E-state index is 10.6. The highest BCUT2D eigenvalue weighted by atomic mass is 16.1. The first kappa shape index (κ1) is 24.4. The first-order valence-corrected chi connectivity index (χ1v) is 11.3. The van der Waals surface area contributed by atoms with Gasteiger partial charge < -0.3 is 0 Å². The molecule has 0 bridgehead atoms. The number of carbonyl (C=O) groups is 1. The largest absolute Gasteiger partial charge is 0.299 e. The molecule has 0 spiro atoms. The minimum absolute atomic E-state index is 0.530. The third-order valence-electron chi connectivity index (χ3n) is 5.74. The zero-order valence-electron chi connectivity index (χ0n) is 17.7. The summed E-state index contributed by atoms with van der Waals surface area (Å²) in [4.78, 5) is 10.6. The van der Waals surface area contributed by atoms with E-state index in [0.29, 0.717) is 5.41 Å². The molecule has 0 aliphatic carbocycles. The smallest absolute Gasteiger partial charge is 0.142 e. The van der Waals surface area contributed by atoms with Gasteiger partial charge in [0, 0.05) is 0 Å². The van der Waals surface area contributed by atoms with E-state index in [9.17, 15) is 4.79 Å². The van der Waals surface area contributed by atoms with Gasteiger partial charge in [0.2, 0.25) is 0 Å². The molecule has 0 saturated carbocycles. The van der Waals surface area contributed by atoms with Crippen LogP contribution in [0.4, 0.5) is 0 Å². The molecule has 0 unspecified atom stereocenters. The van der Waals surface area contributed by atoms with Crippen molar-refractivity contribution in [3.05, 3.63) is 12.2 Å². The molecule has 0 atom stereocenters. The Morgan fingerprint density at radius 1 is 0.600 bits per heavy atom. The summed E-state index contributed by atoms with van der Waals surface area (Å²) >= 11 is 0. The van der Waals surface area contributed by atoms with Gasteiger partial charge in [-0.25, -0.2) is 0 Å². The molecule has 0 rings (SSSR count). The second kappa shape index (κ2) is 18.2. The van der Waals surface area contributed by atoms with Gasteiger partial charge in [-0.15, -0.1) is 0 Å². The minimum Gasteiger partial charge on any atom is -0.299 e. The molecule has 0 aliphatic rings. The Labute approximate surface area is 159 Å². The number of aldehydes is 1. The van der Waals surface area contributed by atoms with Crippen molar-refractivity contribution in [3.8, 4) is 0 Å². The van der Waals surface area contributed by atoms with Crippen molar-refractivity contribution in [2.75, 3.05) is 0 Å². The third kappa shape index (κ3) is 14.3. The van der Waals surface area contributed by atoms with Crippen LogP contribution in [0.25, 0.3) is 0 Å². The third-order valence-corrected chi connectivity index (χ3v) is 5.74. The summed E-state index contributed by atoms with van der Waals surface area (Å²) in [5.41, 5.74) is 0.530. The molecule has 1 nitrogen and oxygen atoms in total. The first-order valence-electron chi connectivity index (χ1n) is 11.3. The molecule has 0 aromatic rings. The Morgan fingerprint density at radius 3 is 1.40 bits per heavy atom. The topological polar surface area (TPSA) is 17.1 Å². The van der Waals surface area contributed by atoms with Gasteiger partial charge in [-0.3, -0.25) is 4.79 Å². The molecule has 0 saturated heterocycles. The average Bonchev–Trinajstić information content (AvgIpc) is 2.63. The minimum atomic E-state index is 0.530. The molecule has 0 aliphatic heterocycles. The van der Waals surface area contributed by atoms with Crippen molar-refractivity contribution in [2.24, 2.45) is 5.41 Å².